The lowest BCUT2D eigenvalue weighted by molar-refractivity contribution is 0.625. The van der Waals surface area contributed by atoms with Crippen LogP contribution in [0.5, 0.6) is 0 Å². The van der Waals surface area contributed by atoms with Crippen molar-refractivity contribution in [3.05, 3.63) is 186 Å². The van der Waals surface area contributed by atoms with E-state index in [1.54, 1.807) is 0 Å². The molecule has 216 valence electrons. The highest BCUT2D eigenvalue weighted by Gasteiger charge is 2.47. The minimum atomic E-state index is -0.513. The smallest absolute Gasteiger partial charge is 0.199 e. The van der Waals surface area contributed by atoms with Crippen LogP contribution in [0, 0.1) is 0 Å². The first kappa shape index (κ1) is 26.3. The highest BCUT2D eigenvalue weighted by molar-refractivity contribution is 5.94. The Morgan fingerprint density at radius 1 is 0.435 bits per heavy atom. The van der Waals surface area contributed by atoms with Crippen molar-refractivity contribution in [2.24, 2.45) is 0 Å². The summed E-state index contributed by atoms with van der Waals surface area (Å²) in [7, 11) is 0. The summed E-state index contributed by atoms with van der Waals surface area (Å²) < 4.78 is 6.28. The third kappa shape index (κ3) is 3.97. The minimum Gasteiger partial charge on any atom is -0.453 e. The standard InChI is InChI=1S/C42H27N3O/c1-4-15-28(16-5-1)39-43-40(45-41(44-39)37-27-29-17-10-13-26-36(29)46-37)33-23-14-25-35-38(33)32-22-11-12-24-34(32)42(35,30-18-6-2-7-19-30)31-20-8-3-9-21-31/h1-27H. The second-order valence-electron chi connectivity index (χ2n) is 11.6. The SMILES string of the molecule is c1ccc(-c2nc(-c3cc4ccccc4o3)nc(-c3cccc4c3-c3ccccc3C4(c3ccccc3)c3ccccc3)n2)cc1. The maximum absolute atomic E-state index is 6.28. The molecule has 6 aromatic carbocycles. The number of para-hydroxylation sites is 1. The first-order chi connectivity index (χ1) is 22.8. The summed E-state index contributed by atoms with van der Waals surface area (Å²) in [6.45, 7) is 0. The Labute approximate surface area is 266 Å². The molecule has 0 saturated carbocycles. The summed E-state index contributed by atoms with van der Waals surface area (Å²) in [6, 6.07) is 57.0. The van der Waals surface area contributed by atoms with E-state index in [1.165, 1.54) is 27.8 Å². The molecule has 0 N–H and O–H groups in total. The zero-order valence-electron chi connectivity index (χ0n) is 24.8. The maximum Gasteiger partial charge on any atom is 0.199 e. The highest BCUT2D eigenvalue weighted by Crippen LogP contribution is 2.58. The average molecular weight is 590 g/mol. The lowest BCUT2D eigenvalue weighted by Gasteiger charge is -2.33. The molecule has 9 rings (SSSR count). The normalized spacial score (nSPS) is 13.0. The van der Waals surface area contributed by atoms with Crippen molar-refractivity contribution < 1.29 is 4.42 Å². The van der Waals surface area contributed by atoms with Gasteiger partial charge in [0.25, 0.3) is 0 Å². The van der Waals surface area contributed by atoms with Crippen LogP contribution in [0.2, 0.25) is 0 Å². The number of fused-ring (bicyclic) bond motifs is 4. The molecule has 2 aromatic heterocycles. The van der Waals surface area contributed by atoms with Crippen molar-refractivity contribution in [1.29, 1.82) is 0 Å². The third-order valence-corrected chi connectivity index (χ3v) is 9.04. The zero-order chi connectivity index (χ0) is 30.5. The van der Waals surface area contributed by atoms with E-state index in [2.05, 4.69) is 103 Å². The first-order valence-corrected chi connectivity index (χ1v) is 15.5. The molecule has 1 aliphatic rings. The van der Waals surface area contributed by atoms with Gasteiger partial charge in [0.1, 0.15) is 5.58 Å². The predicted octanol–water partition coefficient (Wildman–Crippen LogP) is 9.98. The Balaban J connectivity index is 1.35. The molecule has 8 aromatic rings. The van der Waals surface area contributed by atoms with Crippen molar-refractivity contribution in [2.45, 2.75) is 5.41 Å². The monoisotopic (exact) mass is 589 g/mol. The summed E-state index contributed by atoms with van der Waals surface area (Å²) in [5, 5.41) is 1.01. The number of hydrogen-bond acceptors (Lipinski definition) is 4. The Hall–Kier alpha value is -6.13. The number of nitrogens with zero attached hydrogens (tertiary/aromatic N) is 3. The Morgan fingerprint density at radius 3 is 1.74 bits per heavy atom. The van der Waals surface area contributed by atoms with E-state index in [0.717, 1.165) is 27.7 Å². The van der Waals surface area contributed by atoms with E-state index in [4.69, 9.17) is 19.4 Å². The maximum atomic E-state index is 6.28. The van der Waals surface area contributed by atoms with Gasteiger partial charge in [-0.2, -0.15) is 0 Å². The molecule has 0 saturated heterocycles. The highest BCUT2D eigenvalue weighted by atomic mass is 16.3. The molecule has 0 spiro atoms. The summed E-state index contributed by atoms with van der Waals surface area (Å²) in [5.41, 5.74) is 9.34. The summed E-state index contributed by atoms with van der Waals surface area (Å²) in [5.74, 6) is 2.31. The molecule has 46 heavy (non-hydrogen) atoms. The van der Waals surface area contributed by atoms with E-state index in [-0.39, 0.29) is 0 Å². The van der Waals surface area contributed by atoms with Crippen LogP contribution in [0.3, 0.4) is 0 Å². The topological polar surface area (TPSA) is 51.8 Å². The van der Waals surface area contributed by atoms with Gasteiger partial charge in [-0.3, -0.25) is 0 Å². The van der Waals surface area contributed by atoms with Crippen molar-refractivity contribution in [3.8, 4) is 45.5 Å². The average Bonchev–Trinajstić information content (AvgIpc) is 3.71. The van der Waals surface area contributed by atoms with E-state index in [9.17, 15) is 0 Å². The molecule has 0 radical (unpaired) electrons. The van der Waals surface area contributed by atoms with Crippen molar-refractivity contribution in [3.63, 3.8) is 0 Å². The van der Waals surface area contributed by atoms with Gasteiger partial charge in [-0.25, -0.2) is 15.0 Å². The van der Waals surface area contributed by atoms with Crippen molar-refractivity contribution >= 4 is 11.0 Å². The van der Waals surface area contributed by atoms with E-state index in [1.807, 2.05) is 60.7 Å². The van der Waals surface area contributed by atoms with E-state index in [0.29, 0.717) is 23.2 Å². The van der Waals surface area contributed by atoms with Gasteiger partial charge in [-0.1, -0.05) is 152 Å². The summed E-state index contributed by atoms with van der Waals surface area (Å²) in [4.78, 5) is 15.2. The van der Waals surface area contributed by atoms with Gasteiger partial charge in [0, 0.05) is 16.5 Å². The summed E-state index contributed by atoms with van der Waals surface area (Å²) in [6.07, 6.45) is 0. The molecule has 0 aliphatic heterocycles. The fourth-order valence-electron chi connectivity index (χ4n) is 7.09. The van der Waals surface area contributed by atoms with Crippen LogP contribution in [-0.4, -0.2) is 15.0 Å². The van der Waals surface area contributed by atoms with E-state index < -0.39 is 5.41 Å². The van der Waals surface area contributed by atoms with Crippen LogP contribution in [0.15, 0.2) is 168 Å². The Bertz CT molecular complexity index is 2290. The summed E-state index contributed by atoms with van der Waals surface area (Å²) >= 11 is 0. The van der Waals surface area contributed by atoms with Crippen molar-refractivity contribution in [1.82, 2.24) is 15.0 Å². The minimum absolute atomic E-state index is 0.501. The fraction of sp³-hybridized carbons (Fsp3) is 0.0238. The number of furan rings is 1. The zero-order valence-corrected chi connectivity index (χ0v) is 24.8. The number of rotatable bonds is 5. The van der Waals surface area contributed by atoms with Crippen LogP contribution >= 0.6 is 0 Å². The van der Waals surface area contributed by atoms with Crippen LogP contribution in [0.1, 0.15) is 22.3 Å². The second-order valence-corrected chi connectivity index (χ2v) is 11.6. The van der Waals surface area contributed by atoms with Gasteiger partial charge in [0.15, 0.2) is 23.2 Å². The Morgan fingerprint density at radius 2 is 1.00 bits per heavy atom. The largest absolute Gasteiger partial charge is 0.453 e. The molecular formula is C42H27N3O. The van der Waals surface area contributed by atoms with Gasteiger partial charge in [0.05, 0.1) is 5.41 Å². The van der Waals surface area contributed by atoms with Gasteiger partial charge >= 0.3 is 0 Å². The number of hydrogen-bond donors (Lipinski definition) is 0. The lowest BCUT2D eigenvalue weighted by atomic mass is 9.67. The molecule has 0 fully saturated rings. The van der Waals surface area contributed by atoms with Gasteiger partial charge in [-0.05, 0) is 45.5 Å². The quantitative estimate of drug-likeness (QED) is 0.200. The molecule has 0 unspecified atom stereocenters. The molecule has 4 nitrogen and oxygen atoms in total. The Kier molecular flexibility index (Phi) is 6.00. The molecule has 1 aliphatic carbocycles. The van der Waals surface area contributed by atoms with Crippen LogP contribution < -0.4 is 0 Å². The number of aromatic nitrogens is 3. The van der Waals surface area contributed by atoms with E-state index >= 15 is 0 Å². The molecule has 2 heterocycles. The van der Waals surface area contributed by atoms with Gasteiger partial charge in [0.2, 0.25) is 0 Å². The molecular weight excluding hydrogens is 562 g/mol. The fourth-order valence-corrected chi connectivity index (χ4v) is 7.09. The van der Waals surface area contributed by atoms with Gasteiger partial charge in [-0.15, -0.1) is 0 Å². The lowest BCUT2D eigenvalue weighted by Crippen LogP contribution is -2.28. The van der Waals surface area contributed by atoms with Gasteiger partial charge < -0.3 is 4.42 Å². The first-order valence-electron chi connectivity index (χ1n) is 15.5. The molecule has 0 amide bonds. The molecule has 0 atom stereocenters. The second kappa shape index (κ2) is 10.5. The predicted molar refractivity (Wildman–Crippen MR) is 183 cm³/mol. The van der Waals surface area contributed by atoms with Crippen LogP contribution in [0.25, 0.3) is 56.5 Å². The molecule has 0 bridgehead atoms. The van der Waals surface area contributed by atoms with Crippen molar-refractivity contribution in [2.75, 3.05) is 0 Å². The van der Waals surface area contributed by atoms with Crippen LogP contribution in [0.4, 0.5) is 0 Å². The molecule has 4 heteroatoms. The third-order valence-electron chi connectivity index (χ3n) is 9.04. The number of benzene rings is 6. The van der Waals surface area contributed by atoms with Crippen LogP contribution in [-0.2, 0) is 5.41 Å².